The van der Waals surface area contributed by atoms with Gasteiger partial charge in [0.25, 0.3) is 5.56 Å². The molecule has 36 heavy (non-hydrogen) atoms. The van der Waals surface area contributed by atoms with Crippen LogP contribution < -0.4 is 11.3 Å². The number of aliphatic hydroxyl groups is 1. The molecule has 0 radical (unpaired) electrons. The molecule has 6 atom stereocenters. The van der Waals surface area contributed by atoms with E-state index in [4.69, 9.17) is 34.6 Å². The third kappa shape index (κ3) is 6.39. The predicted molar refractivity (Wildman–Crippen MR) is 115 cm³/mol. The maximum absolute atomic E-state index is 12.8. The molecule has 3 rings (SSSR count). The number of halogens is 2. The maximum atomic E-state index is 12.8. The first kappa shape index (κ1) is 25.9. The highest BCUT2D eigenvalue weighted by Crippen LogP contribution is 2.66. The fourth-order valence-electron chi connectivity index (χ4n) is 2.87. The van der Waals surface area contributed by atoms with Crippen LogP contribution in [0.1, 0.15) is 8.97 Å². The van der Waals surface area contributed by atoms with E-state index in [1.54, 1.807) is 0 Å². The SMILES string of the molecule is [2H]C([2H])(OP(=O)(O)OP(=O)(O)OP(=O)(O)O)[C@H]1O[C@@H](n2cnc3c(=O)[nH]c(N)nc32)C(Cl)(C#CCF)[C@H]1O. The Hall–Kier alpha value is -1.74. The van der Waals surface area contributed by atoms with Crippen LogP contribution in [-0.4, -0.2) is 74.5 Å². The average Bonchev–Trinajstić information content (AvgIpc) is 3.22. The summed E-state index contributed by atoms with van der Waals surface area (Å²) in [6.45, 7) is -4.97. The molecule has 23 heteroatoms. The van der Waals surface area contributed by atoms with E-state index in [2.05, 4.69) is 34.0 Å². The molecule has 0 aromatic carbocycles. The molecule has 8 N–H and O–H groups in total. The van der Waals surface area contributed by atoms with E-state index in [9.17, 15) is 37.8 Å². The second-order valence-corrected chi connectivity index (χ2v) is 11.6. The lowest BCUT2D eigenvalue weighted by Gasteiger charge is -2.25. The first-order valence-corrected chi connectivity index (χ1v) is 13.8. The van der Waals surface area contributed by atoms with Crippen LogP contribution >= 0.6 is 35.1 Å². The highest BCUT2D eigenvalue weighted by molar-refractivity contribution is 7.66. The van der Waals surface area contributed by atoms with Crippen molar-refractivity contribution in [3.05, 3.63) is 16.7 Å². The summed E-state index contributed by atoms with van der Waals surface area (Å²) in [5.74, 6) is 3.62. The Bertz CT molecular complexity index is 1510. The highest BCUT2D eigenvalue weighted by atomic mass is 35.5. The topological polar surface area (TPSA) is 279 Å². The Balaban J connectivity index is 2.01. The molecule has 0 bridgehead atoms. The molecule has 200 valence electrons. The summed E-state index contributed by atoms with van der Waals surface area (Å²) >= 11 is 6.40. The Morgan fingerprint density at radius 3 is 2.61 bits per heavy atom. The summed E-state index contributed by atoms with van der Waals surface area (Å²) in [4.78, 5) is 55.6. The highest BCUT2D eigenvalue weighted by Gasteiger charge is 2.57. The van der Waals surface area contributed by atoms with Gasteiger partial charge in [-0.05, 0) is 0 Å². The van der Waals surface area contributed by atoms with Crippen LogP contribution in [0.4, 0.5) is 10.3 Å². The van der Waals surface area contributed by atoms with Gasteiger partial charge in [0.1, 0.15) is 18.9 Å². The number of imidazole rings is 1. The van der Waals surface area contributed by atoms with Crippen LogP contribution in [0.2, 0.25) is 0 Å². The number of hydrogen-bond donors (Lipinski definition) is 7. The number of phosphoric acid groups is 3. The zero-order chi connectivity index (χ0) is 28.9. The van der Waals surface area contributed by atoms with Crippen molar-refractivity contribution in [1.29, 1.82) is 0 Å². The first-order valence-electron chi connectivity index (χ1n) is 9.87. The summed E-state index contributed by atoms with van der Waals surface area (Å²) in [7, 11) is -17.8. The molecular formula is C13H16ClFN5O13P3. The van der Waals surface area contributed by atoms with Crippen molar-refractivity contribution in [3.8, 4) is 11.8 Å². The molecule has 3 unspecified atom stereocenters. The number of ether oxygens (including phenoxy) is 1. The lowest BCUT2D eigenvalue weighted by Crippen LogP contribution is -2.41. The molecule has 1 fully saturated rings. The van der Waals surface area contributed by atoms with Crippen LogP contribution in [0.3, 0.4) is 0 Å². The van der Waals surface area contributed by atoms with Crippen molar-refractivity contribution in [2.24, 2.45) is 0 Å². The Morgan fingerprint density at radius 2 is 2.00 bits per heavy atom. The molecule has 1 saturated heterocycles. The molecule has 18 nitrogen and oxygen atoms in total. The van der Waals surface area contributed by atoms with Crippen molar-refractivity contribution in [2.75, 3.05) is 19.0 Å². The smallest absolute Gasteiger partial charge is 0.387 e. The number of aromatic nitrogens is 4. The number of fused-ring (bicyclic) bond motifs is 1. The maximum Gasteiger partial charge on any atom is 0.490 e. The van der Waals surface area contributed by atoms with Gasteiger partial charge >= 0.3 is 23.5 Å². The number of aromatic amines is 1. The van der Waals surface area contributed by atoms with E-state index >= 15 is 0 Å². The Kier molecular flexibility index (Phi) is 7.33. The average molecular weight is 600 g/mol. The number of alkyl halides is 2. The summed E-state index contributed by atoms with van der Waals surface area (Å²) in [6, 6.07) is 0. The van der Waals surface area contributed by atoms with Gasteiger partial charge in [-0.1, -0.05) is 23.4 Å². The fraction of sp³-hybridized carbons (Fsp3) is 0.462. The van der Waals surface area contributed by atoms with E-state index in [0.717, 1.165) is 10.9 Å². The zero-order valence-electron chi connectivity index (χ0n) is 19.0. The summed E-state index contributed by atoms with van der Waals surface area (Å²) in [6.07, 6.45) is -5.72. The van der Waals surface area contributed by atoms with Crippen LogP contribution in [0.5, 0.6) is 0 Å². The molecule has 2 aromatic heterocycles. The van der Waals surface area contributed by atoms with Crippen molar-refractivity contribution in [1.82, 2.24) is 19.5 Å². The number of nitrogen functional groups attached to an aromatic ring is 1. The van der Waals surface area contributed by atoms with E-state index in [1.807, 2.05) is 5.92 Å². The van der Waals surface area contributed by atoms with Crippen molar-refractivity contribution < 1.29 is 63.4 Å². The van der Waals surface area contributed by atoms with Gasteiger partial charge in [-0.15, -0.1) is 0 Å². The summed E-state index contributed by atoms with van der Waals surface area (Å²) in [5, 5.41) is 10.8. The van der Waals surface area contributed by atoms with Gasteiger partial charge < -0.3 is 35.2 Å². The number of hydrogen-bond acceptors (Lipinski definition) is 12. The van der Waals surface area contributed by atoms with Gasteiger partial charge in [0, 0.05) is 0 Å². The minimum Gasteiger partial charge on any atom is -0.387 e. The molecular weight excluding hydrogens is 582 g/mol. The summed E-state index contributed by atoms with van der Waals surface area (Å²) < 4.78 is 80.8. The third-order valence-electron chi connectivity index (χ3n) is 4.10. The predicted octanol–water partition coefficient (Wildman–Crippen LogP) is -0.746. The van der Waals surface area contributed by atoms with Gasteiger partial charge in [-0.2, -0.15) is 13.6 Å². The zero-order valence-corrected chi connectivity index (χ0v) is 20.5. The number of H-pyrrole nitrogens is 1. The quantitative estimate of drug-likeness (QED) is 0.112. The Morgan fingerprint density at radius 1 is 1.33 bits per heavy atom. The number of nitrogens with two attached hydrogens (primary N) is 1. The number of anilines is 1. The molecule has 0 saturated carbocycles. The van der Waals surface area contributed by atoms with E-state index in [-0.39, 0.29) is 11.2 Å². The van der Waals surface area contributed by atoms with Crippen LogP contribution in [0.25, 0.3) is 11.2 Å². The normalized spacial score (nSPS) is 29.0. The number of nitrogens with zero attached hydrogens (tertiary/aromatic N) is 3. The molecule has 3 heterocycles. The van der Waals surface area contributed by atoms with E-state index in [0.29, 0.717) is 0 Å². The number of rotatable bonds is 8. The number of aliphatic hydroxyl groups excluding tert-OH is 1. The summed E-state index contributed by atoms with van der Waals surface area (Å²) in [5.41, 5.74) is 4.06. The lowest BCUT2D eigenvalue weighted by molar-refractivity contribution is -0.0428. The van der Waals surface area contributed by atoms with Gasteiger partial charge in [-0.3, -0.25) is 18.9 Å². The molecule has 0 aliphatic carbocycles. The second kappa shape index (κ2) is 10.2. The largest absolute Gasteiger partial charge is 0.490 e. The standard InChI is InChI=1S/C13H16ClFN5O13P3/c14-13(2-1-3-15)8(21)6(4-30-35(26,27)33-36(28,29)32-34(23,24)25)31-11(13)20-5-17-7-9(20)18-12(16)19-10(7)22/h5-6,8,11,21H,3-4H2,(H,26,27)(H,28,29)(H2,23,24,25)(H3,16,18,19,22)/t6-,8+,11-,13?/m1/s1/i4D2. The van der Waals surface area contributed by atoms with E-state index < -0.39 is 71.5 Å². The lowest BCUT2D eigenvalue weighted by atomic mass is 9.99. The van der Waals surface area contributed by atoms with Crippen LogP contribution in [0, 0.1) is 11.8 Å². The second-order valence-electron chi connectivity index (χ2n) is 6.63. The van der Waals surface area contributed by atoms with Crippen LogP contribution in [-0.2, 0) is 31.6 Å². The van der Waals surface area contributed by atoms with Gasteiger partial charge in [-0.25, -0.2) is 23.1 Å². The van der Waals surface area contributed by atoms with Gasteiger partial charge in [0.15, 0.2) is 22.3 Å². The molecule has 2 aromatic rings. The molecule has 1 aliphatic rings. The minimum atomic E-state index is -6.08. The van der Waals surface area contributed by atoms with Crippen molar-refractivity contribution in [2.45, 2.75) is 23.3 Å². The molecule has 1 aliphatic heterocycles. The minimum absolute atomic E-state index is 0.315. The third-order valence-corrected chi connectivity index (χ3v) is 8.27. The van der Waals surface area contributed by atoms with E-state index in [1.165, 1.54) is 0 Å². The van der Waals surface area contributed by atoms with Crippen LogP contribution in [0.15, 0.2) is 11.1 Å². The number of nitrogens with one attached hydrogen (secondary N) is 1. The Labute approximate surface area is 206 Å². The monoisotopic (exact) mass is 599 g/mol. The van der Waals surface area contributed by atoms with Gasteiger partial charge in [0.05, 0.1) is 15.6 Å². The van der Waals surface area contributed by atoms with Gasteiger partial charge in [0.2, 0.25) is 5.95 Å². The number of phosphoric ester groups is 1. The molecule has 0 spiro atoms. The first-order chi connectivity index (χ1) is 17.2. The fourth-order valence-corrected chi connectivity index (χ4v) is 6.09. The van der Waals surface area contributed by atoms with Crippen molar-refractivity contribution >= 4 is 52.2 Å². The molecule has 0 amide bonds. The van der Waals surface area contributed by atoms with Crippen molar-refractivity contribution in [3.63, 3.8) is 0 Å².